The molecule has 11 heteroatoms. The number of aliphatic imine (C=N–C) groups is 2. The van der Waals surface area contributed by atoms with Crippen LogP contribution in [0.3, 0.4) is 0 Å². The molecule has 1 N–H and O–H groups in total. The zero-order chi connectivity index (χ0) is 24.0. The van der Waals surface area contributed by atoms with Crippen molar-refractivity contribution in [2.45, 2.75) is 31.5 Å². The standard InChI is InChI=1S/C23H14F3N5O3/c24-23(25,26)34-15-6-11(10-27)5-14(7-15)22-29-21(30-22)13-2-4-18-17(8-13)16-3-1-12(20(16)28-18)9-19(32)31-33/h2,4-8,12,28H,1,3,9H2. The number of nitrogens with zero attached hydrogens (tertiary/aromatic N) is 4. The highest BCUT2D eigenvalue weighted by atomic mass is 19.4. The highest BCUT2D eigenvalue weighted by Crippen LogP contribution is 2.40. The Kier molecular flexibility index (Phi) is 5.01. The second-order valence-corrected chi connectivity index (χ2v) is 7.98. The molecule has 0 radical (unpaired) electrons. The summed E-state index contributed by atoms with van der Waals surface area (Å²) in [6, 6.07) is 10.9. The molecule has 2 aromatic carbocycles. The van der Waals surface area contributed by atoms with Crippen LogP contribution in [0.2, 0.25) is 0 Å². The number of carbonyl (C=O) groups excluding carboxylic acids is 1. The van der Waals surface area contributed by atoms with Gasteiger partial charge in [0.2, 0.25) is 0 Å². The van der Waals surface area contributed by atoms with Crippen LogP contribution in [0.4, 0.5) is 13.2 Å². The van der Waals surface area contributed by atoms with Gasteiger partial charge >= 0.3 is 6.36 Å². The predicted octanol–water partition coefficient (Wildman–Crippen LogP) is 4.86. The molecule has 2 aliphatic rings. The van der Waals surface area contributed by atoms with E-state index in [1.54, 1.807) is 6.07 Å². The van der Waals surface area contributed by atoms with Crippen LogP contribution in [-0.4, -0.2) is 28.9 Å². The number of hydrogen-bond acceptors (Lipinski definition) is 6. The van der Waals surface area contributed by atoms with Crippen LogP contribution < -0.4 is 4.74 Å². The molecule has 1 aromatic heterocycles. The molecule has 0 fully saturated rings. The van der Waals surface area contributed by atoms with E-state index in [-0.39, 0.29) is 29.3 Å². The van der Waals surface area contributed by atoms with Gasteiger partial charge in [0.1, 0.15) is 5.75 Å². The number of fused-ring (bicyclic) bond motifs is 3. The van der Waals surface area contributed by atoms with E-state index in [0.29, 0.717) is 5.84 Å². The van der Waals surface area contributed by atoms with Crippen molar-refractivity contribution in [2.75, 3.05) is 0 Å². The maximum absolute atomic E-state index is 12.6. The van der Waals surface area contributed by atoms with Crippen molar-refractivity contribution in [1.29, 1.82) is 5.26 Å². The number of nitrogens with one attached hydrogen (secondary N) is 1. The second-order valence-electron chi connectivity index (χ2n) is 7.98. The Morgan fingerprint density at radius 3 is 2.65 bits per heavy atom. The minimum Gasteiger partial charge on any atom is -0.406 e. The molecule has 1 atom stereocenters. The van der Waals surface area contributed by atoms with E-state index < -0.39 is 18.0 Å². The number of amidine groups is 2. The van der Waals surface area contributed by atoms with Crippen molar-refractivity contribution in [1.82, 2.24) is 4.98 Å². The van der Waals surface area contributed by atoms with Gasteiger partial charge < -0.3 is 9.72 Å². The van der Waals surface area contributed by atoms with Crippen molar-refractivity contribution in [3.63, 3.8) is 0 Å². The number of halogens is 3. The van der Waals surface area contributed by atoms with E-state index in [4.69, 9.17) is 5.26 Å². The van der Waals surface area contributed by atoms with Gasteiger partial charge in [-0.25, -0.2) is 9.98 Å². The number of nitriles is 1. The first kappa shape index (κ1) is 21.5. The number of alkyl halides is 3. The third kappa shape index (κ3) is 3.94. The fourth-order valence-electron chi connectivity index (χ4n) is 4.39. The SMILES string of the molecule is N#Cc1cc(OC(F)(F)F)cc(C2=NC(c3ccc4[nH]c5c(c4c3)CCC5CC(=O)N=O)=N2)c1. The number of benzene rings is 2. The molecular formula is C23H14F3N5O3. The molecule has 5 rings (SSSR count). The number of nitroso groups, excluding NO2 is 1. The summed E-state index contributed by atoms with van der Waals surface area (Å²) in [7, 11) is 0. The average molecular weight is 465 g/mol. The van der Waals surface area contributed by atoms with Gasteiger partial charge in [0.25, 0.3) is 5.91 Å². The number of aromatic nitrogens is 1. The zero-order valence-electron chi connectivity index (χ0n) is 17.3. The maximum atomic E-state index is 12.6. The number of aromatic amines is 1. The monoisotopic (exact) mass is 465 g/mol. The molecule has 8 nitrogen and oxygen atoms in total. The van der Waals surface area contributed by atoms with E-state index in [9.17, 15) is 22.9 Å². The topological polar surface area (TPSA) is 120 Å². The van der Waals surface area contributed by atoms with Crippen molar-refractivity contribution >= 4 is 28.5 Å². The summed E-state index contributed by atoms with van der Waals surface area (Å²) in [6.07, 6.45) is -3.33. The van der Waals surface area contributed by atoms with Crippen LogP contribution in [0, 0.1) is 16.2 Å². The molecular weight excluding hydrogens is 451 g/mol. The molecule has 1 unspecified atom stereocenters. The molecule has 0 bridgehead atoms. The lowest BCUT2D eigenvalue weighted by atomic mass is 10.0. The molecule has 1 aliphatic carbocycles. The van der Waals surface area contributed by atoms with Gasteiger partial charge in [-0.05, 0) is 54.8 Å². The Hall–Kier alpha value is -4.33. The zero-order valence-corrected chi connectivity index (χ0v) is 17.3. The number of carbonyl (C=O) groups is 1. The van der Waals surface area contributed by atoms with E-state index in [2.05, 4.69) is 24.9 Å². The number of hydrogen-bond donors (Lipinski definition) is 1. The van der Waals surface area contributed by atoms with E-state index in [1.807, 2.05) is 18.2 Å². The van der Waals surface area contributed by atoms with E-state index in [0.717, 1.165) is 52.7 Å². The quantitative estimate of drug-likeness (QED) is 0.541. The highest BCUT2D eigenvalue weighted by Gasteiger charge is 2.32. The number of amides is 1. The largest absolute Gasteiger partial charge is 0.573 e. The molecule has 0 spiro atoms. The Bertz CT molecular complexity index is 1460. The summed E-state index contributed by atoms with van der Waals surface area (Å²) in [5, 5.41) is 12.6. The van der Waals surface area contributed by atoms with Crippen molar-refractivity contribution < 1.29 is 22.7 Å². The first-order valence-electron chi connectivity index (χ1n) is 10.2. The normalized spacial score (nSPS) is 16.8. The Morgan fingerprint density at radius 1 is 1.18 bits per heavy atom. The Morgan fingerprint density at radius 2 is 1.94 bits per heavy atom. The third-order valence-corrected chi connectivity index (χ3v) is 5.82. The minimum absolute atomic E-state index is 0.00906. The molecule has 1 aliphatic heterocycles. The van der Waals surface area contributed by atoms with Crippen LogP contribution in [0.15, 0.2) is 51.6 Å². The second kappa shape index (κ2) is 7.91. The molecule has 34 heavy (non-hydrogen) atoms. The predicted molar refractivity (Wildman–Crippen MR) is 116 cm³/mol. The van der Waals surface area contributed by atoms with Gasteiger partial charge in [-0.1, -0.05) is 0 Å². The maximum Gasteiger partial charge on any atom is 0.573 e. The van der Waals surface area contributed by atoms with Crippen LogP contribution in [0.1, 0.15) is 46.7 Å². The van der Waals surface area contributed by atoms with Crippen molar-refractivity contribution in [2.24, 2.45) is 15.2 Å². The Balaban J connectivity index is 1.40. The van der Waals surface area contributed by atoms with Crippen LogP contribution in [-0.2, 0) is 11.2 Å². The summed E-state index contributed by atoms with van der Waals surface area (Å²) >= 11 is 0. The molecule has 0 saturated heterocycles. The summed E-state index contributed by atoms with van der Waals surface area (Å²) in [5.41, 5.74) is 3.82. The van der Waals surface area contributed by atoms with Gasteiger partial charge in [0.05, 0.1) is 11.6 Å². The lowest BCUT2D eigenvalue weighted by molar-refractivity contribution is -0.274. The minimum atomic E-state index is -4.89. The fraction of sp³-hybridized carbons (Fsp3) is 0.217. The number of ether oxygens (including phenoxy) is 1. The molecule has 2 heterocycles. The molecule has 170 valence electrons. The number of aryl methyl sites for hydroxylation is 1. The first-order chi connectivity index (χ1) is 16.2. The summed E-state index contributed by atoms with van der Waals surface area (Å²) in [4.78, 5) is 33.9. The lowest BCUT2D eigenvalue weighted by Crippen LogP contribution is -2.19. The summed E-state index contributed by atoms with van der Waals surface area (Å²) in [5.74, 6) is -0.676. The van der Waals surface area contributed by atoms with Crippen molar-refractivity contribution in [3.8, 4) is 11.8 Å². The fourth-order valence-corrected chi connectivity index (χ4v) is 4.39. The van der Waals surface area contributed by atoms with Gasteiger partial charge in [-0.2, -0.15) is 5.26 Å². The van der Waals surface area contributed by atoms with E-state index in [1.165, 1.54) is 6.07 Å². The molecule has 0 saturated carbocycles. The van der Waals surface area contributed by atoms with Crippen LogP contribution in [0.25, 0.3) is 10.9 Å². The summed E-state index contributed by atoms with van der Waals surface area (Å²) < 4.78 is 41.7. The van der Waals surface area contributed by atoms with Crippen LogP contribution >= 0.6 is 0 Å². The summed E-state index contributed by atoms with van der Waals surface area (Å²) in [6.45, 7) is 0. The third-order valence-electron chi connectivity index (χ3n) is 5.82. The van der Waals surface area contributed by atoms with Gasteiger partial charge in [0, 0.05) is 45.2 Å². The number of rotatable bonds is 5. The van der Waals surface area contributed by atoms with Gasteiger partial charge in [-0.3, -0.25) is 4.79 Å². The van der Waals surface area contributed by atoms with Gasteiger partial charge in [0.15, 0.2) is 11.7 Å². The van der Waals surface area contributed by atoms with Crippen molar-refractivity contribution in [3.05, 3.63) is 69.3 Å². The number of H-pyrrole nitrogens is 1. The van der Waals surface area contributed by atoms with E-state index >= 15 is 0 Å². The van der Waals surface area contributed by atoms with Crippen LogP contribution in [0.5, 0.6) is 5.75 Å². The Labute approximate surface area is 189 Å². The molecule has 3 aromatic rings. The highest BCUT2D eigenvalue weighted by molar-refractivity contribution is 6.24. The lowest BCUT2D eigenvalue weighted by Gasteiger charge is -2.15. The first-order valence-corrected chi connectivity index (χ1v) is 10.2. The molecule has 1 amide bonds. The van der Waals surface area contributed by atoms with Gasteiger partial charge in [-0.15, -0.1) is 18.1 Å². The smallest absolute Gasteiger partial charge is 0.406 e. The average Bonchev–Trinajstić information content (AvgIpc) is 3.31.